The molecule has 1 fully saturated rings. The highest BCUT2D eigenvalue weighted by Crippen LogP contribution is 2.20. The van der Waals surface area contributed by atoms with Crippen LogP contribution in [0.5, 0.6) is 0 Å². The van der Waals surface area contributed by atoms with Crippen LogP contribution in [0.25, 0.3) is 0 Å². The molecule has 1 aromatic rings. The van der Waals surface area contributed by atoms with Crippen LogP contribution >= 0.6 is 36.2 Å². The van der Waals surface area contributed by atoms with Crippen molar-refractivity contribution in [3.05, 3.63) is 16.1 Å². The van der Waals surface area contributed by atoms with Gasteiger partial charge in [0.25, 0.3) is 0 Å². The Morgan fingerprint density at radius 2 is 2.14 bits per heavy atom. The first-order chi connectivity index (χ1) is 9.58. The first kappa shape index (κ1) is 21.6. The average Bonchev–Trinajstić information content (AvgIpc) is 2.84. The number of amides is 1. The summed E-state index contributed by atoms with van der Waals surface area (Å²) in [7, 11) is 0. The number of carbonyl (C=O) groups excluding carboxylic acids is 1. The minimum atomic E-state index is 0. The number of aromatic nitrogens is 1. The van der Waals surface area contributed by atoms with Crippen LogP contribution in [-0.4, -0.2) is 41.5 Å². The summed E-state index contributed by atoms with van der Waals surface area (Å²) in [5, 5.41) is 6.21. The van der Waals surface area contributed by atoms with E-state index in [2.05, 4.69) is 20.6 Å². The number of hydrogen-bond donors (Lipinski definition) is 2. The molecule has 0 aliphatic carbocycles. The van der Waals surface area contributed by atoms with Gasteiger partial charge in [-0.05, 0) is 39.8 Å². The first-order valence-electron chi connectivity index (χ1n) is 7.22. The van der Waals surface area contributed by atoms with Crippen LogP contribution in [0.15, 0.2) is 5.38 Å². The maximum atomic E-state index is 12.0. The summed E-state index contributed by atoms with van der Waals surface area (Å²) in [6.45, 7) is 7.30. The van der Waals surface area contributed by atoms with Gasteiger partial charge in [0, 0.05) is 30.4 Å². The Balaban J connectivity index is 0.00000220. The molecule has 3 N–H and O–H groups in total. The SMILES string of the molecule is Cc1nc(CN2CCC(C(=O)N[C@@H](C)CN)CC2)cs1.Cl.Cl. The van der Waals surface area contributed by atoms with Crippen LogP contribution in [0.3, 0.4) is 0 Å². The number of nitrogens with two attached hydrogens (primary N) is 1. The first-order valence-corrected chi connectivity index (χ1v) is 8.10. The van der Waals surface area contributed by atoms with E-state index in [-0.39, 0.29) is 42.7 Å². The lowest BCUT2D eigenvalue weighted by Crippen LogP contribution is -2.44. The molecular formula is C14H26Cl2N4OS. The zero-order valence-corrected chi connectivity index (χ0v) is 15.5. The maximum absolute atomic E-state index is 12.0. The number of aryl methyl sites for hydroxylation is 1. The van der Waals surface area contributed by atoms with Crippen molar-refractivity contribution < 1.29 is 4.79 Å². The molecule has 2 rings (SSSR count). The minimum Gasteiger partial charge on any atom is -0.352 e. The average molecular weight is 369 g/mol. The predicted octanol–water partition coefficient (Wildman–Crippen LogP) is 1.97. The summed E-state index contributed by atoms with van der Waals surface area (Å²) >= 11 is 1.69. The van der Waals surface area contributed by atoms with Gasteiger partial charge < -0.3 is 11.1 Å². The molecule has 0 unspecified atom stereocenters. The van der Waals surface area contributed by atoms with Gasteiger partial charge in [0.1, 0.15) is 0 Å². The second-order valence-corrected chi connectivity index (χ2v) is 6.62. The Morgan fingerprint density at radius 1 is 1.50 bits per heavy atom. The van der Waals surface area contributed by atoms with Gasteiger partial charge in [-0.3, -0.25) is 9.69 Å². The molecule has 8 heteroatoms. The number of likely N-dealkylation sites (tertiary alicyclic amines) is 1. The number of halogens is 2. The molecule has 0 bridgehead atoms. The molecule has 0 radical (unpaired) electrons. The van der Waals surface area contributed by atoms with Gasteiger partial charge >= 0.3 is 0 Å². The molecule has 0 saturated carbocycles. The van der Waals surface area contributed by atoms with E-state index in [0.717, 1.165) is 43.2 Å². The van der Waals surface area contributed by atoms with Gasteiger partial charge in [0.05, 0.1) is 10.7 Å². The number of nitrogens with one attached hydrogen (secondary N) is 1. The van der Waals surface area contributed by atoms with Gasteiger partial charge in [0.15, 0.2) is 0 Å². The Morgan fingerprint density at radius 3 is 2.64 bits per heavy atom. The third-order valence-electron chi connectivity index (χ3n) is 3.75. The molecule has 1 aliphatic rings. The Bertz CT molecular complexity index is 450. The number of hydrogen-bond acceptors (Lipinski definition) is 5. The molecule has 0 aromatic carbocycles. The molecule has 1 aliphatic heterocycles. The molecule has 22 heavy (non-hydrogen) atoms. The predicted molar refractivity (Wildman–Crippen MR) is 96.0 cm³/mol. The van der Waals surface area contributed by atoms with E-state index < -0.39 is 0 Å². The highest BCUT2D eigenvalue weighted by Gasteiger charge is 2.25. The van der Waals surface area contributed by atoms with Gasteiger partial charge in [-0.2, -0.15) is 0 Å². The fraction of sp³-hybridized carbons (Fsp3) is 0.714. The Labute approximate surface area is 148 Å². The van der Waals surface area contributed by atoms with Crippen LogP contribution in [0.2, 0.25) is 0 Å². The van der Waals surface area contributed by atoms with E-state index in [1.807, 2.05) is 13.8 Å². The lowest BCUT2D eigenvalue weighted by molar-refractivity contribution is -0.127. The van der Waals surface area contributed by atoms with Gasteiger partial charge in [-0.1, -0.05) is 0 Å². The summed E-state index contributed by atoms with van der Waals surface area (Å²) in [5.74, 6) is 0.296. The molecule has 0 spiro atoms. The van der Waals surface area contributed by atoms with Gasteiger partial charge in [-0.15, -0.1) is 36.2 Å². The summed E-state index contributed by atoms with van der Waals surface area (Å²) in [6.07, 6.45) is 1.85. The fourth-order valence-corrected chi connectivity index (χ4v) is 3.09. The largest absolute Gasteiger partial charge is 0.352 e. The number of rotatable bonds is 5. The summed E-state index contributed by atoms with van der Waals surface area (Å²) in [4.78, 5) is 18.9. The zero-order chi connectivity index (χ0) is 14.5. The number of thiazole rings is 1. The maximum Gasteiger partial charge on any atom is 0.223 e. The summed E-state index contributed by atoms with van der Waals surface area (Å²) < 4.78 is 0. The van der Waals surface area contributed by atoms with Crippen molar-refractivity contribution in [2.24, 2.45) is 11.7 Å². The second kappa shape index (κ2) is 10.4. The van der Waals surface area contributed by atoms with Crippen molar-refractivity contribution in [1.29, 1.82) is 0 Å². The quantitative estimate of drug-likeness (QED) is 0.833. The highest BCUT2D eigenvalue weighted by atomic mass is 35.5. The lowest BCUT2D eigenvalue weighted by atomic mass is 9.95. The Hall–Kier alpha value is -0.400. The van der Waals surface area contributed by atoms with Crippen LogP contribution in [-0.2, 0) is 11.3 Å². The third-order valence-corrected chi connectivity index (χ3v) is 4.58. The minimum absolute atomic E-state index is 0. The lowest BCUT2D eigenvalue weighted by Gasteiger charge is -2.31. The van der Waals surface area contributed by atoms with E-state index in [0.29, 0.717) is 6.54 Å². The number of nitrogens with zero attached hydrogens (tertiary/aromatic N) is 2. The van der Waals surface area contributed by atoms with E-state index in [1.165, 1.54) is 0 Å². The normalized spacial score (nSPS) is 17.2. The van der Waals surface area contributed by atoms with Crippen LogP contribution in [0, 0.1) is 12.8 Å². The fourth-order valence-electron chi connectivity index (χ4n) is 2.48. The third kappa shape index (κ3) is 6.38. The molecule has 1 atom stereocenters. The molecule has 1 saturated heterocycles. The Kier molecular flexibility index (Phi) is 10.2. The van der Waals surface area contributed by atoms with Gasteiger partial charge in [0.2, 0.25) is 5.91 Å². The van der Waals surface area contributed by atoms with Crippen LogP contribution in [0.1, 0.15) is 30.5 Å². The van der Waals surface area contributed by atoms with Crippen molar-refractivity contribution in [2.75, 3.05) is 19.6 Å². The monoisotopic (exact) mass is 368 g/mol. The molecule has 1 amide bonds. The molecule has 2 heterocycles. The van der Waals surface area contributed by atoms with E-state index in [4.69, 9.17) is 5.73 Å². The highest BCUT2D eigenvalue weighted by molar-refractivity contribution is 7.09. The molecule has 5 nitrogen and oxygen atoms in total. The number of piperidine rings is 1. The van der Waals surface area contributed by atoms with Crippen molar-refractivity contribution in [1.82, 2.24) is 15.2 Å². The zero-order valence-electron chi connectivity index (χ0n) is 13.1. The molecule has 1 aromatic heterocycles. The van der Waals surface area contributed by atoms with Crippen molar-refractivity contribution >= 4 is 42.1 Å². The standard InChI is InChI=1S/C14H24N4OS.2ClH/c1-10(7-15)16-14(19)12-3-5-18(6-4-12)8-13-9-20-11(2)17-13;;/h9-10,12H,3-8,15H2,1-2H3,(H,16,19);2*1H/t10-;;/m0../s1. The smallest absolute Gasteiger partial charge is 0.223 e. The molecular weight excluding hydrogens is 343 g/mol. The van der Waals surface area contributed by atoms with E-state index in [9.17, 15) is 4.79 Å². The molecule has 128 valence electrons. The second-order valence-electron chi connectivity index (χ2n) is 5.55. The van der Waals surface area contributed by atoms with E-state index in [1.54, 1.807) is 11.3 Å². The summed E-state index contributed by atoms with van der Waals surface area (Å²) in [5.41, 5.74) is 6.68. The van der Waals surface area contributed by atoms with Crippen LogP contribution in [0.4, 0.5) is 0 Å². The van der Waals surface area contributed by atoms with Crippen molar-refractivity contribution in [3.63, 3.8) is 0 Å². The number of carbonyl (C=O) groups is 1. The topological polar surface area (TPSA) is 71.2 Å². The van der Waals surface area contributed by atoms with Crippen molar-refractivity contribution in [3.8, 4) is 0 Å². The van der Waals surface area contributed by atoms with Crippen molar-refractivity contribution in [2.45, 2.75) is 39.3 Å². The summed E-state index contributed by atoms with van der Waals surface area (Å²) in [6, 6.07) is 0.0681. The van der Waals surface area contributed by atoms with Gasteiger partial charge in [-0.25, -0.2) is 4.98 Å². The van der Waals surface area contributed by atoms with E-state index >= 15 is 0 Å². The van der Waals surface area contributed by atoms with Crippen LogP contribution < -0.4 is 11.1 Å².